The third kappa shape index (κ3) is 5.35. The summed E-state index contributed by atoms with van der Waals surface area (Å²) in [5.74, 6) is -2.34. The molecule has 32 heavy (non-hydrogen) atoms. The largest absolute Gasteiger partial charge is 0.465 e. The Bertz CT molecular complexity index is 1050. The van der Waals surface area contributed by atoms with Crippen LogP contribution in [0.2, 0.25) is 0 Å². The van der Waals surface area contributed by atoms with Crippen LogP contribution in [-0.2, 0) is 40.4 Å². The Labute approximate surface area is 187 Å². The Kier molecular flexibility index (Phi) is 7.66. The Balaban J connectivity index is 2.03. The topological polar surface area (TPSA) is 99.2 Å². The molecule has 0 spiro atoms. The van der Waals surface area contributed by atoms with Crippen molar-refractivity contribution < 1.29 is 32.2 Å². The van der Waals surface area contributed by atoms with Gasteiger partial charge in [-0.3, -0.25) is 9.59 Å². The van der Waals surface area contributed by atoms with Gasteiger partial charge in [0.1, 0.15) is 5.92 Å². The van der Waals surface area contributed by atoms with Gasteiger partial charge in [0.05, 0.1) is 18.1 Å². The molecule has 0 saturated carbocycles. The second kappa shape index (κ2) is 10.4. The maximum atomic E-state index is 13.4. The second-order valence-electron chi connectivity index (χ2n) is 7.03. The molecule has 0 saturated heterocycles. The van der Waals surface area contributed by atoms with Crippen LogP contribution in [0.3, 0.4) is 0 Å². The van der Waals surface area contributed by atoms with Crippen molar-refractivity contribution in [2.45, 2.75) is 37.7 Å². The first kappa shape index (κ1) is 23.5. The lowest BCUT2D eigenvalue weighted by molar-refractivity contribution is -0.178. The van der Waals surface area contributed by atoms with Gasteiger partial charge in [0, 0.05) is 13.1 Å². The molecule has 1 aliphatic rings. The maximum absolute atomic E-state index is 13.4. The summed E-state index contributed by atoms with van der Waals surface area (Å²) in [4.78, 5) is 24.4. The molecule has 2 aromatic carbocycles. The fraction of sp³-hybridized carbons (Fsp3) is 0.304. The normalized spacial score (nSPS) is 20.6. The Hall–Kier alpha value is -3.17. The molecule has 0 aromatic heterocycles. The Morgan fingerprint density at radius 1 is 1.00 bits per heavy atom. The average Bonchev–Trinajstić information content (AvgIpc) is 2.79. The molecule has 0 amide bonds. The molecule has 8 nitrogen and oxygen atoms in total. The van der Waals surface area contributed by atoms with E-state index in [9.17, 15) is 18.0 Å². The van der Waals surface area contributed by atoms with Gasteiger partial charge in [-0.1, -0.05) is 48.5 Å². The minimum atomic E-state index is -4.07. The molecule has 3 rings (SSSR count). The minimum Gasteiger partial charge on any atom is -0.465 e. The van der Waals surface area contributed by atoms with E-state index in [1.54, 1.807) is 25.1 Å². The molecule has 0 radical (unpaired) electrons. The number of carbonyl (C=O) groups is 2. The van der Waals surface area contributed by atoms with Crippen LogP contribution in [0.4, 0.5) is 0 Å². The lowest BCUT2D eigenvalue weighted by Gasteiger charge is -2.39. The van der Waals surface area contributed by atoms with E-state index in [4.69, 9.17) is 14.2 Å². The first-order valence-corrected chi connectivity index (χ1v) is 11.5. The summed E-state index contributed by atoms with van der Waals surface area (Å²) in [5.41, 5.74) is 0.786. The van der Waals surface area contributed by atoms with Crippen LogP contribution in [-0.4, -0.2) is 43.6 Å². The highest BCUT2D eigenvalue weighted by molar-refractivity contribution is 7.89. The fourth-order valence-corrected chi connectivity index (χ4v) is 4.75. The molecule has 0 aliphatic carbocycles. The van der Waals surface area contributed by atoms with Gasteiger partial charge in [0.25, 0.3) is 10.0 Å². The van der Waals surface area contributed by atoms with Crippen molar-refractivity contribution in [1.82, 2.24) is 4.31 Å². The van der Waals surface area contributed by atoms with E-state index in [2.05, 4.69) is 0 Å². The smallest absolute Gasteiger partial charge is 0.316 e. The zero-order valence-corrected chi connectivity index (χ0v) is 18.6. The van der Waals surface area contributed by atoms with E-state index in [0.717, 1.165) is 9.87 Å². The van der Waals surface area contributed by atoms with Gasteiger partial charge < -0.3 is 14.2 Å². The van der Waals surface area contributed by atoms with E-state index >= 15 is 0 Å². The van der Waals surface area contributed by atoms with Crippen LogP contribution >= 0.6 is 0 Å². The number of benzene rings is 2. The van der Waals surface area contributed by atoms with E-state index in [1.807, 2.05) is 30.3 Å². The molecule has 0 fully saturated rings. The quantitative estimate of drug-likeness (QED) is 0.560. The van der Waals surface area contributed by atoms with Crippen molar-refractivity contribution in [3.05, 3.63) is 78.5 Å². The van der Waals surface area contributed by atoms with Gasteiger partial charge in [-0.15, -0.1) is 0 Å². The molecule has 1 aliphatic heterocycles. The number of carbonyl (C=O) groups excluding carboxylic acids is 2. The molecule has 1 heterocycles. The molecule has 3 atom stereocenters. The van der Waals surface area contributed by atoms with Crippen LogP contribution in [0.15, 0.2) is 77.8 Å². The van der Waals surface area contributed by atoms with Gasteiger partial charge in [-0.2, -0.15) is 0 Å². The van der Waals surface area contributed by atoms with Gasteiger partial charge >= 0.3 is 11.9 Å². The highest BCUT2D eigenvalue weighted by Crippen LogP contribution is 2.31. The summed E-state index contributed by atoms with van der Waals surface area (Å²) in [6.45, 7) is 3.00. The standard InChI is InChI=1S/C23H25NO7S/c1-3-29-23(26)20-14-15-24(32(27,28)19-12-8-5-9-13-19)22(21(20)31-17(2)25)30-16-18-10-6-4-7-11-18/h4-15,20-22H,3,16H2,1-2H3/t20-,21+,22+/m0/s1. The molecule has 9 heteroatoms. The number of sulfonamides is 1. The van der Waals surface area contributed by atoms with Crippen molar-refractivity contribution in [3.8, 4) is 0 Å². The van der Waals surface area contributed by atoms with Crippen molar-refractivity contribution in [2.24, 2.45) is 5.92 Å². The molecule has 170 valence electrons. The van der Waals surface area contributed by atoms with Crippen molar-refractivity contribution in [3.63, 3.8) is 0 Å². The van der Waals surface area contributed by atoms with E-state index in [1.165, 1.54) is 31.3 Å². The van der Waals surface area contributed by atoms with Crippen LogP contribution < -0.4 is 0 Å². The number of hydrogen-bond acceptors (Lipinski definition) is 7. The predicted molar refractivity (Wildman–Crippen MR) is 115 cm³/mol. The lowest BCUT2D eigenvalue weighted by Crippen LogP contribution is -2.54. The molecule has 0 bridgehead atoms. The van der Waals surface area contributed by atoms with Crippen LogP contribution in [0, 0.1) is 5.92 Å². The highest BCUT2D eigenvalue weighted by Gasteiger charge is 2.46. The highest BCUT2D eigenvalue weighted by atomic mass is 32.2. The Morgan fingerprint density at radius 3 is 2.22 bits per heavy atom. The predicted octanol–water partition coefficient (Wildman–Crippen LogP) is 2.86. The molecule has 2 aromatic rings. The van der Waals surface area contributed by atoms with E-state index < -0.39 is 40.2 Å². The summed E-state index contributed by atoms with van der Waals surface area (Å²) in [7, 11) is -4.07. The van der Waals surface area contributed by atoms with Crippen molar-refractivity contribution in [1.29, 1.82) is 0 Å². The number of hydrogen-bond donors (Lipinski definition) is 0. The molecular formula is C23H25NO7S. The molecule has 0 unspecified atom stereocenters. The fourth-order valence-electron chi connectivity index (χ4n) is 3.32. The maximum Gasteiger partial charge on any atom is 0.316 e. The minimum absolute atomic E-state index is 0.0352. The number of rotatable bonds is 8. The first-order valence-electron chi connectivity index (χ1n) is 10.1. The summed E-state index contributed by atoms with van der Waals surface area (Å²) >= 11 is 0. The van der Waals surface area contributed by atoms with Crippen LogP contribution in [0.5, 0.6) is 0 Å². The van der Waals surface area contributed by atoms with Gasteiger partial charge in [-0.05, 0) is 30.7 Å². The van der Waals surface area contributed by atoms with Crippen LogP contribution in [0.25, 0.3) is 0 Å². The number of ether oxygens (including phenoxy) is 3. The van der Waals surface area contributed by atoms with E-state index in [0.29, 0.717) is 0 Å². The van der Waals surface area contributed by atoms with Crippen LogP contribution in [0.1, 0.15) is 19.4 Å². The Morgan fingerprint density at radius 2 is 1.62 bits per heavy atom. The zero-order valence-electron chi connectivity index (χ0n) is 17.8. The number of esters is 2. The summed E-state index contributed by atoms with van der Waals surface area (Å²) in [5, 5.41) is 0. The lowest BCUT2D eigenvalue weighted by atomic mass is 9.98. The SMILES string of the molecule is CCOC(=O)[C@H]1C=CN(S(=O)(=O)c2ccccc2)[C@H](OCc2ccccc2)[C@@H]1OC(C)=O. The third-order valence-electron chi connectivity index (χ3n) is 4.77. The van der Waals surface area contributed by atoms with E-state index in [-0.39, 0.29) is 18.1 Å². The van der Waals surface area contributed by atoms with Gasteiger partial charge in [-0.25, -0.2) is 12.7 Å². The summed E-state index contributed by atoms with van der Waals surface area (Å²) in [6.07, 6.45) is 0.0936. The van der Waals surface area contributed by atoms with Crippen molar-refractivity contribution in [2.75, 3.05) is 6.61 Å². The molecular weight excluding hydrogens is 434 g/mol. The van der Waals surface area contributed by atoms with Crippen molar-refractivity contribution >= 4 is 22.0 Å². The first-order chi connectivity index (χ1) is 15.3. The summed E-state index contributed by atoms with van der Waals surface area (Å²) in [6, 6.07) is 16.9. The van der Waals surface area contributed by atoms with Gasteiger partial charge in [0.15, 0.2) is 12.3 Å². The third-order valence-corrected chi connectivity index (χ3v) is 6.52. The van der Waals surface area contributed by atoms with Gasteiger partial charge in [0.2, 0.25) is 0 Å². The molecule has 0 N–H and O–H groups in total. The monoisotopic (exact) mass is 459 g/mol. The average molecular weight is 460 g/mol. The zero-order chi connectivity index (χ0) is 23.1. The number of nitrogens with zero attached hydrogens (tertiary/aromatic N) is 1. The summed E-state index contributed by atoms with van der Waals surface area (Å²) < 4.78 is 44.2. The second-order valence-corrected chi connectivity index (χ2v) is 8.87.